The second-order valence-corrected chi connectivity index (χ2v) is 7.94. The Bertz CT molecular complexity index is 887. The van der Waals surface area contributed by atoms with Crippen molar-refractivity contribution in [3.8, 4) is 0 Å². The number of hydrogen-bond donors (Lipinski definition) is 3. The van der Waals surface area contributed by atoms with Crippen LogP contribution >= 0.6 is 0 Å². The van der Waals surface area contributed by atoms with Crippen molar-refractivity contribution < 1.29 is 18.4 Å². The molecule has 1 aromatic heterocycles. The highest BCUT2D eigenvalue weighted by atomic mass is 19.2. The first kappa shape index (κ1) is 17.9. The molecule has 4 rings (SSSR count). The standard InChI is InChI=1S/C20H23F2N3O2/c21-14-8-13-16(9-15(14)22)23-11-17(13)25-19(27)18(26)24-12-4-7-20(10-12)5-2-1-3-6-20/h8-9,11-12,23H,1-7,10H2,(H,24,26)(H,25,27). The lowest BCUT2D eigenvalue weighted by Gasteiger charge is -2.33. The molecule has 1 atom stereocenters. The van der Waals surface area contributed by atoms with Gasteiger partial charge in [-0.15, -0.1) is 0 Å². The van der Waals surface area contributed by atoms with E-state index in [9.17, 15) is 18.4 Å². The highest BCUT2D eigenvalue weighted by molar-refractivity contribution is 6.40. The van der Waals surface area contributed by atoms with Crippen molar-refractivity contribution in [3.63, 3.8) is 0 Å². The Morgan fingerprint density at radius 2 is 1.78 bits per heavy atom. The van der Waals surface area contributed by atoms with Crippen molar-refractivity contribution in [3.05, 3.63) is 30.0 Å². The first-order chi connectivity index (χ1) is 13.0. The summed E-state index contributed by atoms with van der Waals surface area (Å²) in [5.74, 6) is -3.47. The fourth-order valence-corrected chi connectivity index (χ4v) is 4.74. The van der Waals surface area contributed by atoms with Crippen LogP contribution in [0.1, 0.15) is 51.4 Å². The third-order valence-corrected chi connectivity index (χ3v) is 6.13. The predicted molar refractivity (Wildman–Crippen MR) is 98.1 cm³/mol. The lowest BCUT2D eigenvalue weighted by atomic mass is 9.73. The number of aromatic nitrogens is 1. The van der Waals surface area contributed by atoms with Crippen LogP contribution in [0, 0.1) is 17.0 Å². The fraction of sp³-hybridized carbons (Fsp3) is 0.500. The van der Waals surface area contributed by atoms with Gasteiger partial charge < -0.3 is 15.6 Å². The molecular weight excluding hydrogens is 352 g/mol. The van der Waals surface area contributed by atoms with Gasteiger partial charge in [-0.05, 0) is 43.6 Å². The van der Waals surface area contributed by atoms with E-state index in [0.29, 0.717) is 16.3 Å². The van der Waals surface area contributed by atoms with Crippen molar-refractivity contribution in [1.82, 2.24) is 10.3 Å². The summed E-state index contributed by atoms with van der Waals surface area (Å²) in [5.41, 5.74) is 0.935. The minimum Gasteiger partial charge on any atom is -0.359 e. The van der Waals surface area contributed by atoms with Gasteiger partial charge >= 0.3 is 11.8 Å². The lowest BCUT2D eigenvalue weighted by Crippen LogP contribution is -2.41. The average Bonchev–Trinajstić information content (AvgIpc) is 3.20. The number of carbonyl (C=O) groups excluding carboxylic acids is 2. The van der Waals surface area contributed by atoms with Gasteiger partial charge in [-0.3, -0.25) is 9.59 Å². The zero-order valence-electron chi connectivity index (χ0n) is 15.0. The first-order valence-corrected chi connectivity index (χ1v) is 9.54. The molecule has 3 N–H and O–H groups in total. The average molecular weight is 375 g/mol. The summed E-state index contributed by atoms with van der Waals surface area (Å²) in [6, 6.07) is 2.04. The van der Waals surface area contributed by atoms with Crippen molar-refractivity contribution >= 4 is 28.4 Å². The van der Waals surface area contributed by atoms with Gasteiger partial charge in [0.1, 0.15) is 0 Å². The zero-order valence-corrected chi connectivity index (χ0v) is 15.0. The number of fused-ring (bicyclic) bond motifs is 1. The van der Waals surface area contributed by atoms with E-state index in [-0.39, 0.29) is 11.7 Å². The van der Waals surface area contributed by atoms with Crippen LogP contribution in [0.2, 0.25) is 0 Å². The number of amides is 2. The summed E-state index contributed by atoms with van der Waals surface area (Å²) in [6.07, 6.45) is 10.6. The van der Waals surface area contributed by atoms with E-state index in [4.69, 9.17) is 0 Å². The first-order valence-electron chi connectivity index (χ1n) is 9.54. The minimum absolute atomic E-state index is 0.0239. The molecule has 144 valence electrons. The van der Waals surface area contributed by atoms with Crippen LogP contribution in [0.4, 0.5) is 14.5 Å². The van der Waals surface area contributed by atoms with Crippen molar-refractivity contribution in [2.45, 2.75) is 57.4 Å². The molecule has 27 heavy (non-hydrogen) atoms. The molecule has 1 unspecified atom stereocenters. The number of aromatic amines is 1. The van der Waals surface area contributed by atoms with E-state index in [2.05, 4.69) is 15.6 Å². The van der Waals surface area contributed by atoms with Gasteiger partial charge in [0.15, 0.2) is 11.6 Å². The molecule has 0 saturated heterocycles. The van der Waals surface area contributed by atoms with Crippen LogP contribution < -0.4 is 10.6 Å². The molecule has 2 amide bonds. The topological polar surface area (TPSA) is 74.0 Å². The maximum Gasteiger partial charge on any atom is 0.313 e. The Morgan fingerprint density at radius 3 is 2.56 bits per heavy atom. The summed E-state index contributed by atoms with van der Waals surface area (Å²) in [5, 5.41) is 5.64. The van der Waals surface area contributed by atoms with Crippen LogP contribution in [0.15, 0.2) is 18.3 Å². The van der Waals surface area contributed by atoms with Gasteiger partial charge in [-0.25, -0.2) is 8.78 Å². The molecule has 2 fully saturated rings. The second kappa shape index (κ2) is 6.94. The Labute approximate surface area is 155 Å². The SMILES string of the molecule is O=C(Nc1c[nH]c2cc(F)c(F)cc12)C(=O)NC1CCC2(CCCCC2)C1. The van der Waals surface area contributed by atoms with Gasteiger partial charge in [0.05, 0.1) is 11.2 Å². The maximum absolute atomic E-state index is 13.5. The smallest absolute Gasteiger partial charge is 0.313 e. The van der Waals surface area contributed by atoms with Gasteiger partial charge in [-0.2, -0.15) is 0 Å². The number of anilines is 1. The summed E-state index contributed by atoms with van der Waals surface area (Å²) < 4.78 is 26.7. The molecular formula is C20H23F2N3O2. The molecule has 7 heteroatoms. The largest absolute Gasteiger partial charge is 0.359 e. The van der Waals surface area contributed by atoms with Crippen molar-refractivity contribution in [1.29, 1.82) is 0 Å². The number of carbonyl (C=O) groups is 2. The Kier molecular flexibility index (Phi) is 4.61. The van der Waals surface area contributed by atoms with Crippen molar-refractivity contribution in [2.24, 2.45) is 5.41 Å². The van der Waals surface area contributed by atoms with E-state index < -0.39 is 23.4 Å². The molecule has 2 aromatic rings. The maximum atomic E-state index is 13.5. The van der Waals surface area contributed by atoms with Gasteiger partial charge in [0, 0.05) is 23.7 Å². The minimum atomic E-state index is -1.01. The highest BCUT2D eigenvalue weighted by Gasteiger charge is 2.40. The molecule has 0 aliphatic heterocycles. The van der Waals surface area contributed by atoms with Gasteiger partial charge in [0.25, 0.3) is 0 Å². The fourth-order valence-electron chi connectivity index (χ4n) is 4.74. The molecule has 2 saturated carbocycles. The second-order valence-electron chi connectivity index (χ2n) is 7.94. The van der Waals surface area contributed by atoms with Crippen molar-refractivity contribution in [2.75, 3.05) is 5.32 Å². The van der Waals surface area contributed by atoms with E-state index in [1.807, 2.05) is 0 Å². The highest BCUT2D eigenvalue weighted by Crippen LogP contribution is 2.48. The quantitative estimate of drug-likeness (QED) is 0.694. The molecule has 1 aromatic carbocycles. The molecule has 0 bridgehead atoms. The Morgan fingerprint density at radius 1 is 1.04 bits per heavy atom. The Balaban J connectivity index is 1.39. The molecule has 0 radical (unpaired) electrons. The van der Waals surface area contributed by atoms with Crippen LogP contribution in [-0.4, -0.2) is 22.8 Å². The number of nitrogens with one attached hydrogen (secondary N) is 3. The van der Waals surface area contributed by atoms with E-state index in [1.54, 1.807) is 0 Å². The predicted octanol–water partition coefficient (Wildman–Crippen LogP) is 4.00. The summed E-state index contributed by atoms with van der Waals surface area (Å²) in [4.78, 5) is 27.3. The third kappa shape index (κ3) is 3.55. The summed E-state index contributed by atoms with van der Waals surface area (Å²) >= 11 is 0. The van der Waals surface area contributed by atoms with Gasteiger partial charge in [-0.1, -0.05) is 19.3 Å². The summed E-state index contributed by atoms with van der Waals surface area (Å²) in [6.45, 7) is 0. The van der Waals surface area contributed by atoms with E-state index >= 15 is 0 Å². The molecule has 2 aliphatic rings. The number of H-pyrrole nitrogens is 1. The number of halogens is 2. The van der Waals surface area contributed by atoms with Crippen LogP contribution in [0.5, 0.6) is 0 Å². The van der Waals surface area contributed by atoms with E-state index in [1.165, 1.54) is 38.3 Å². The number of benzene rings is 1. The van der Waals surface area contributed by atoms with Gasteiger partial charge in [0.2, 0.25) is 0 Å². The monoisotopic (exact) mass is 375 g/mol. The summed E-state index contributed by atoms with van der Waals surface area (Å²) in [7, 11) is 0. The molecule has 2 aliphatic carbocycles. The molecule has 1 spiro atoms. The number of hydrogen-bond acceptors (Lipinski definition) is 2. The van der Waals surface area contributed by atoms with Crippen LogP contribution in [-0.2, 0) is 9.59 Å². The third-order valence-electron chi connectivity index (χ3n) is 6.13. The molecule has 1 heterocycles. The number of rotatable bonds is 2. The molecule has 5 nitrogen and oxygen atoms in total. The normalized spacial score (nSPS) is 21.5. The Hall–Kier alpha value is -2.44. The van der Waals surface area contributed by atoms with Crippen LogP contribution in [0.3, 0.4) is 0 Å². The zero-order chi connectivity index (χ0) is 19.0. The lowest BCUT2D eigenvalue weighted by molar-refractivity contribution is -0.136. The van der Waals surface area contributed by atoms with Crippen LogP contribution in [0.25, 0.3) is 10.9 Å². The van der Waals surface area contributed by atoms with E-state index in [0.717, 1.165) is 31.4 Å².